The largest absolute Gasteiger partial charge is 0.478 e. The lowest BCUT2D eigenvalue weighted by Crippen LogP contribution is -2.36. The first-order chi connectivity index (χ1) is 19.7. The predicted molar refractivity (Wildman–Crippen MR) is 142 cm³/mol. The maximum Gasteiger partial charge on any atom is 0.417 e. The Labute approximate surface area is 232 Å². The summed E-state index contributed by atoms with van der Waals surface area (Å²) in [4.78, 5) is 32.0. The third-order valence-electron chi connectivity index (χ3n) is 6.62. The number of carboxylic acid groups (broad SMARTS) is 1. The molecule has 1 amide bonds. The van der Waals surface area contributed by atoms with Crippen LogP contribution in [0.5, 0.6) is 11.6 Å². The number of ether oxygens (including phenoxy) is 1. The second-order valence-electron chi connectivity index (χ2n) is 9.49. The molecule has 0 aliphatic heterocycles. The number of carbonyl (C=O) groups excluding carboxylic acids is 1. The first-order valence-corrected chi connectivity index (χ1v) is 12.7. The van der Waals surface area contributed by atoms with Crippen molar-refractivity contribution >= 4 is 18.0 Å². The molecule has 1 saturated carbocycles. The van der Waals surface area contributed by atoms with Crippen LogP contribution in [0.15, 0.2) is 72.7 Å². The summed E-state index contributed by atoms with van der Waals surface area (Å²) < 4.78 is 43.9. The van der Waals surface area contributed by atoms with Gasteiger partial charge in [0.25, 0.3) is 5.91 Å². The summed E-state index contributed by atoms with van der Waals surface area (Å²) in [6, 6.07) is 12.4. The smallest absolute Gasteiger partial charge is 0.417 e. The number of hydrogen-bond donors (Lipinski definition) is 3. The number of pyridine rings is 2. The summed E-state index contributed by atoms with van der Waals surface area (Å²) in [5, 5.41) is 18.7. The molecule has 210 valence electrons. The number of alkyl halides is 3. The fourth-order valence-corrected chi connectivity index (χ4v) is 4.50. The number of halogens is 3. The average Bonchev–Trinajstić information content (AvgIpc) is 3.45. The van der Waals surface area contributed by atoms with E-state index in [0.717, 1.165) is 43.5 Å². The Balaban J connectivity index is 1.15. The number of rotatable bonds is 7. The predicted octanol–water partition coefficient (Wildman–Crippen LogP) is 6.13. The van der Waals surface area contributed by atoms with E-state index in [1.807, 2.05) is 12.1 Å². The van der Waals surface area contributed by atoms with Gasteiger partial charge in [0.1, 0.15) is 17.0 Å². The summed E-state index contributed by atoms with van der Waals surface area (Å²) in [7, 11) is 0. The Kier molecular flexibility index (Phi) is 7.81. The lowest BCUT2D eigenvalue weighted by Gasteiger charge is -2.25. The van der Waals surface area contributed by atoms with Crippen LogP contribution in [0.1, 0.15) is 57.5 Å². The molecule has 0 radical (unpaired) electrons. The van der Waals surface area contributed by atoms with Gasteiger partial charge in [0.2, 0.25) is 5.88 Å². The van der Waals surface area contributed by atoms with Crippen LogP contribution < -0.4 is 10.1 Å². The second-order valence-corrected chi connectivity index (χ2v) is 9.49. The standard InChI is InChI=1S/C29H24F3N5O4/c30-29(31,32)20-7-11-25(34-15-20)41-22-3-1-2-18(13-22)12-17-4-8-21(9-5-17)36-27(38)19-6-10-24(33-14-19)26-23(28(39)40)16-35-37-26/h1-3,6-7,10-16,21H,4-5,8-9H2,(H,35,37)(H,36,38)(H,39,40). The van der Waals surface area contributed by atoms with Gasteiger partial charge in [-0.05, 0) is 61.6 Å². The molecule has 3 N–H and O–H groups in total. The van der Waals surface area contributed by atoms with Crippen LogP contribution >= 0.6 is 0 Å². The number of amides is 1. The van der Waals surface area contributed by atoms with Gasteiger partial charge in [-0.3, -0.25) is 14.9 Å². The summed E-state index contributed by atoms with van der Waals surface area (Å²) in [5.74, 6) is -0.864. The average molecular weight is 564 g/mol. The zero-order valence-electron chi connectivity index (χ0n) is 21.5. The Morgan fingerprint density at radius 2 is 1.85 bits per heavy atom. The molecule has 0 atom stereocenters. The number of nitrogens with one attached hydrogen (secondary N) is 2. The van der Waals surface area contributed by atoms with Gasteiger partial charge >= 0.3 is 12.1 Å². The molecule has 9 nitrogen and oxygen atoms in total. The van der Waals surface area contributed by atoms with E-state index in [4.69, 9.17) is 4.74 Å². The molecule has 1 aliphatic rings. The number of H-pyrrole nitrogens is 1. The monoisotopic (exact) mass is 563 g/mol. The van der Waals surface area contributed by atoms with E-state index in [1.54, 1.807) is 30.3 Å². The van der Waals surface area contributed by atoms with Crippen molar-refractivity contribution in [3.8, 4) is 23.0 Å². The van der Waals surface area contributed by atoms with E-state index in [-0.39, 0.29) is 29.1 Å². The zero-order chi connectivity index (χ0) is 29.0. The summed E-state index contributed by atoms with van der Waals surface area (Å²) >= 11 is 0. The van der Waals surface area contributed by atoms with Gasteiger partial charge in [-0.25, -0.2) is 9.78 Å². The SMILES string of the molecule is O=C(NC1CCC(=Cc2cccc(Oc3ccc(C(F)(F)F)cn3)c2)CC1)c1ccc(-c2n[nH]cc2C(=O)O)nc1. The highest BCUT2D eigenvalue weighted by Gasteiger charge is 2.30. The summed E-state index contributed by atoms with van der Waals surface area (Å²) in [6.45, 7) is 0. The van der Waals surface area contributed by atoms with Gasteiger partial charge in [-0.1, -0.05) is 23.8 Å². The molecule has 12 heteroatoms. The van der Waals surface area contributed by atoms with Gasteiger partial charge in [-0.2, -0.15) is 18.3 Å². The van der Waals surface area contributed by atoms with Gasteiger partial charge in [0.05, 0.1) is 16.8 Å². The van der Waals surface area contributed by atoms with E-state index < -0.39 is 17.7 Å². The summed E-state index contributed by atoms with van der Waals surface area (Å²) in [6.07, 6.45) is 4.07. The van der Waals surface area contributed by atoms with Crippen molar-refractivity contribution in [1.82, 2.24) is 25.5 Å². The Morgan fingerprint density at radius 3 is 2.51 bits per heavy atom. The third-order valence-corrected chi connectivity index (χ3v) is 6.62. The molecule has 41 heavy (non-hydrogen) atoms. The highest BCUT2D eigenvalue weighted by Crippen LogP contribution is 2.31. The number of carboxylic acids is 1. The van der Waals surface area contributed by atoms with Crippen LogP contribution in [-0.4, -0.2) is 43.2 Å². The maximum atomic E-state index is 12.8. The van der Waals surface area contributed by atoms with E-state index >= 15 is 0 Å². The molecule has 3 aromatic heterocycles. The van der Waals surface area contributed by atoms with E-state index in [1.165, 1.54) is 24.0 Å². The number of hydrogen-bond acceptors (Lipinski definition) is 6. The highest BCUT2D eigenvalue weighted by molar-refractivity contribution is 5.96. The van der Waals surface area contributed by atoms with Crippen LogP contribution in [0.4, 0.5) is 13.2 Å². The molecule has 3 heterocycles. The van der Waals surface area contributed by atoms with Gasteiger partial charge < -0.3 is 15.2 Å². The van der Waals surface area contributed by atoms with Crippen LogP contribution in [0.3, 0.4) is 0 Å². The fourth-order valence-electron chi connectivity index (χ4n) is 4.50. The van der Waals surface area contributed by atoms with Crippen molar-refractivity contribution in [3.63, 3.8) is 0 Å². The molecule has 4 aromatic rings. The van der Waals surface area contributed by atoms with Crippen LogP contribution in [-0.2, 0) is 6.18 Å². The fraction of sp³-hybridized carbons (Fsp3) is 0.207. The van der Waals surface area contributed by atoms with Crippen LogP contribution in [0, 0.1) is 0 Å². The number of nitrogens with zero attached hydrogens (tertiary/aromatic N) is 3. The van der Waals surface area contributed by atoms with Crippen LogP contribution in [0.2, 0.25) is 0 Å². The molecule has 1 aliphatic carbocycles. The Bertz CT molecular complexity index is 1570. The van der Waals surface area contributed by atoms with Gasteiger partial charge in [-0.15, -0.1) is 0 Å². The minimum Gasteiger partial charge on any atom is -0.478 e. The highest BCUT2D eigenvalue weighted by atomic mass is 19.4. The lowest BCUT2D eigenvalue weighted by atomic mass is 9.89. The van der Waals surface area contributed by atoms with E-state index in [2.05, 4.69) is 25.5 Å². The minimum absolute atomic E-state index is 0.00354. The molecule has 1 fully saturated rings. The Hall–Kier alpha value is -5.00. The number of allylic oxidation sites excluding steroid dienone is 1. The molecule has 0 unspecified atom stereocenters. The van der Waals surface area contributed by atoms with Crippen molar-refractivity contribution in [2.24, 2.45) is 0 Å². The number of aromatic carboxylic acids is 1. The Morgan fingerprint density at radius 1 is 1.05 bits per heavy atom. The lowest BCUT2D eigenvalue weighted by molar-refractivity contribution is -0.137. The maximum absolute atomic E-state index is 12.8. The van der Waals surface area contributed by atoms with E-state index in [9.17, 15) is 27.9 Å². The molecule has 5 rings (SSSR count). The van der Waals surface area contributed by atoms with Crippen molar-refractivity contribution in [3.05, 3.63) is 94.9 Å². The topological polar surface area (TPSA) is 130 Å². The normalized spacial score (nSPS) is 15.3. The molecular formula is C29H24F3N5O4. The second kappa shape index (κ2) is 11.6. The van der Waals surface area contributed by atoms with Crippen LogP contribution in [0.25, 0.3) is 17.5 Å². The van der Waals surface area contributed by atoms with E-state index in [0.29, 0.717) is 17.0 Å². The summed E-state index contributed by atoms with van der Waals surface area (Å²) in [5.41, 5.74) is 2.16. The third kappa shape index (κ3) is 6.78. The van der Waals surface area contributed by atoms with Gasteiger partial charge in [0, 0.05) is 30.7 Å². The molecular weight excluding hydrogens is 539 g/mol. The minimum atomic E-state index is -4.46. The number of carbonyl (C=O) groups is 2. The van der Waals surface area contributed by atoms with Crippen molar-refractivity contribution in [2.45, 2.75) is 37.9 Å². The molecule has 0 bridgehead atoms. The number of aromatic amines is 1. The zero-order valence-corrected chi connectivity index (χ0v) is 21.5. The first kappa shape index (κ1) is 27.6. The van der Waals surface area contributed by atoms with Gasteiger partial charge in [0.15, 0.2) is 0 Å². The molecule has 0 saturated heterocycles. The quantitative estimate of drug-likeness (QED) is 0.247. The van der Waals surface area contributed by atoms with Crippen molar-refractivity contribution in [1.29, 1.82) is 0 Å². The number of benzene rings is 1. The molecule has 1 aromatic carbocycles. The first-order valence-electron chi connectivity index (χ1n) is 12.7. The number of aromatic nitrogens is 4. The van der Waals surface area contributed by atoms with Crippen molar-refractivity contribution < 1.29 is 32.6 Å². The van der Waals surface area contributed by atoms with Crippen molar-refractivity contribution in [2.75, 3.05) is 0 Å². The molecule has 0 spiro atoms.